The lowest BCUT2D eigenvalue weighted by Gasteiger charge is -2.17. The van der Waals surface area contributed by atoms with Crippen LogP contribution in [-0.4, -0.2) is 18.5 Å². The molecule has 0 spiro atoms. The molecule has 0 unspecified atom stereocenters. The Kier molecular flexibility index (Phi) is 9.96. The molecule has 0 radical (unpaired) electrons. The molecule has 0 amide bonds. The third kappa shape index (κ3) is 7.29. The second kappa shape index (κ2) is 14.6. The fourth-order valence-electron chi connectivity index (χ4n) is 5.25. The van der Waals surface area contributed by atoms with Gasteiger partial charge < -0.3 is 9.47 Å². The molecule has 44 heavy (non-hydrogen) atoms. The first-order valence-corrected chi connectivity index (χ1v) is 14.6. The van der Waals surface area contributed by atoms with E-state index in [1.807, 2.05) is 12.1 Å². The highest BCUT2D eigenvalue weighted by atomic mass is 16.5. The Hall–Kier alpha value is -5.48. The van der Waals surface area contributed by atoms with Gasteiger partial charge in [-0.2, -0.15) is 0 Å². The topological polar surface area (TPSA) is 52.6 Å². The Morgan fingerprint density at radius 2 is 0.886 bits per heavy atom. The highest BCUT2D eigenvalue weighted by molar-refractivity contribution is 5.95. The molecule has 0 bridgehead atoms. The molecule has 4 heteroatoms. The second-order valence-corrected chi connectivity index (χ2v) is 10.3. The van der Waals surface area contributed by atoms with Gasteiger partial charge in [0.25, 0.3) is 0 Å². The van der Waals surface area contributed by atoms with Gasteiger partial charge in [0.05, 0.1) is 6.61 Å². The highest BCUT2D eigenvalue weighted by Gasteiger charge is 2.15. The lowest BCUT2D eigenvalue weighted by molar-refractivity contribution is -0.139. The molecule has 5 rings (SSSR count). The van der Waals surface area contributed by atoms with Crippen molar-refractivity contribution in [2.45, 2.75) is 19.4 Å². The minimum atomic E-state index is -0.434. The summed E-state index contributed by atoms with van der Waals surface area (Å²) in [5, 5.41) is 0. The van der Waals surface area contributed by atoms with Gasteiger partial charge in [-0.25, -0.2) is 9.59 Å². The fourth-order valence-corrected chi connectivity index (χ4v) is 5.25. The predicted molar refractivity (Wildman–Crippen MR) is 178 cm³/mol. The molecule has 0 atom stereocenters. The van der Waals surface area contributed by atoms with Gasteiger partial charge in [-0.05, 0) is 68.5 Å². The zero-order chi connectivity index (χ0) is 30.7. The van der Waals surface area contributed by atoms with Crippen molar-refractivity contribution in [1.29, 1.82) is 0 Å². The van der Waals surface area contributed by atoms with Gasteiger partial charge in [0.1, 0.15) is 6.61 Å². The Labute approximate surface area is 258 Å². The van der Waals surface area contributed by atoms with E-state index < -0.39 is 5.97 Å². The zero-order valence-electron chi connectivity index (χ0n) is 24.6. The van der Waals surface area contributed by atoms with Crippen LogP contribution in [0.25, 0.3) is 44.5 Å². The molecule has 0 saturated heterocycles. The number of ether oxygens (including phenoxy) is 2. The number of carbonyl (C=O) groups excluding carboxylic acids is 2. The van der Waals surface area contributed by atoms with Crippen molar-refractivity contribution in [3.8, 4) is 44.5 Å². The molecule has 4 nitrogen and oxygen atoms in total. The Bertz CT molecular complexity index is 1760. The van der Waals surface area contributed by atoms with Gasteiger partial charge in [0, 0.05) is 12.2 Å². The van der Waals surface area contributed by atoms with Crippen molar-refractivity contribution in [3.05, 3.63) is 158 Å². The second-order valence-electron chi connectivity index (χ2n) is 10.3. The third-order valence-corrected chi connectivity index (χ3v) is 7.46. The van der Waals surface area contributed by atoms with Crippen LogP contribution in [0.1, 0.15) is 17.5 Å². The van der Waals surface area contributed by atoms with E-state index in [2.05, 4.69) is 122 Å². The Balaban J connectivity index is 1.43. The van der Waals surface area contributed by atoms with E-state index in [0.717, 1.165) is 62.9 Å². The van der Waals surface area contributed by atoms with E-state index in [4.69, 9.17) is 9.47 Å². The number of hydrogen-bond donors (Lipinski definition) is 0. The molecule has 0 aliphatic carbocycles. The minimum absolute atomic E-state index is 0.207. The molecule has 0 heterocycles. The number of rotatable bonds is 12. The maximum atomic E-state index is 11.5. The standard InChI is InChI=1S/C40H34O4/c1-3-39(41)43-27-11-12-29-19-23-31(24-20-29)33-13-5-7-15-35(33)37-17-9-10-18-38(37)36-16-8-6-14-34(36)32-25-21-30(22-26-32)28-44-40(42)4-2/h3-10,13-26H,1-2,11-12,27-28H2. The molecule has 5 aromatic rings. The van der Waals surface area contributed by atoms with Crippen molar-refractivity contribution in [3.63, 3.8) is 0 Å². The number of aryl methyl sites for hydroxylation is 1. The average Bonchev–Trinajstić information content (AvgIpc) is 3.09. The van der Waals surface area contributed by atoms with Crippen molar-refractivity contribution in [1.82, 2.24) is 0 Å². The molecule has 0 fully saturated rings. The van der Waals surface area contributed by atoms with E-state index in [0.29, 0.717) is 6.61 Å². The SMILES string of the molecule is C=CC(=O)OCCCc1ccc(-c2ccccc2-c2ccccc2-c2ccccc2-c2ccc(COC(=O)C=C)cc2)cc1. The van der Waals surface area contributed by atoms with Crippen LogP contribution in [0, 0.1) is 0 Å². The molecule has 0 saturated carbocycles. The third-order valence-electron chi connectivity index (χ3n) is 7.46. The summed E-state index contributed by atoms with van der Waals surface area (Å²) in [6, 6.07) is 42.2. The molecular formula is C40H34O4. The first-order chi connectivity index (χ1) is 21.6. The van der Waals surface area contributed by atoms with Crippen molar-refractivity contribution >= 4 is 11.9 Å². The molecule has 0 aromatic heterocycles. The van der Waals surface area contributed by atoms with Crippen LogP contribution in [0.15, 0.2) is 147 Å². The summed E-state index contributed by atoms with van der Waals surface area (Å²) in [6.07, 6.45) is 3.94. The summed E-state index contributed by atoms with van der Waals surface area (Å²) in [6.45, 7) is 7.47. The van der Waals surface area contributed by atoms with Crippen LogP contribution < -0.4 is 0 Å². The summed E-state index contributed by atoms with van der Waals surface area (Å²) in [5.41, 5.74) is 11.2. The number of benzene rings is 5. The normalized spacial score (nSPS) is 10.5. The van der Waals surface area contributed by atoms with Crippen molar-refractivity contribution < 1.29 is 19.1 Å². The minimum Gasteiger partial charge on any atom is -0.463 e. The van der Waals surface area contributed by atoms with Crippen LogP contribution >= 0.6 is 0 Å². The molecule has 5 aromatic carbocycles. The zero-order valence-corrected chi connectivity index (χ0v) is 24.6. The highest BCUT2D eigenvalue weighted by Crippen LogP contribution is 2.41. The van der Waals surface area contributed by atoms with Crippen LogP contribution in [0.5, 0.6) is 0 Å². The van der Waals surface area contributed by atoms with E-state index in [-0.39, 0.29) is 12.6 Å². The first-order valence-electron chi connectivity index (χ1n) is 14.6. The lowest BCUT2D eigenvalue weighted by atomic mass is 9.86. The molecule has 0 N–H and O–H groups in total. The monoisotopic (exact) mass is 578 g/mol. The molecule has 218 valence electrons. The van der Waals surface area contributed by atoms with Gasteiger partial charge in [0.15, 0.2) is 0 Å². The van der Waals surface area contributed by atoms with E-state index >= 15 is 0 Å². The summed E-state index contributed by atoms with van der Waals surface area (Å²) in [7, 11) is 0. The van der Waals surface area contributed by atoms with Gasteiger partial charge in [-0.1, -0.05) is 134 Å². The number of carbonyl (C=O) groups is 2. The van der Waals surface area contributed by atoms with Crippen LogP contribution in [0.2, 0.25) is 0 Å². The van der Waals surface area contributed by atoms with Crippen molar-refractivity contribution in [2.75, 3.05) is 6.61 Å². The van der Waals surface area contributed by atoms with E-state index in [9.17, 15) is 9.59 Å². The predicted octanol–water partition coefficient (Wildman–Crippen LogP) is 9.25. The van der Waals surface area contributed by atoms with Gasteiger partial charge >= 0.3 is 11.9 Å². The van der Waals surface area contributed by atoms with Gasteiger partial charge in [0.2, 0.25) is 0 Å². The van der Waals surface area contributed by atoms with Crippen LogP contribution in [0.3, 0.4) is 0 Å². The summed E-state index contributed by atoms with van der Waals surface area (Å²) < 4.78 is 10.3. The first kappa shape index (κ1) is 30.0. The molecule has 0 aliphatic heterocycles. The number of esters is 2. The maximum absolute atomic E-state index is 11.5. The van der Waals surface area contributed by atoms with Crippen LogP contribution in [-0.2, 0) is 32.1 Å². The summed E-state index contributed by atoms with van der Waals surface area (Å²) >= 11 is 0. The average molecular weight is 579 g/mol. The number of hydrogen-bond acceptors (Lipinski definition) is 4. The Morgan fingerprint density at radius 3 is 1.34 bits per heavy atom. The van der Waals surface area contributed by atoms with Gasteiger partial charge in [-0.3, -0.25) is 0 Å². The van der Waals surface area contributed by atoms with Crippen molar-refractivity contribution in [2.24, 2.45) is 0 Å². The lowest BCUT2D eigenvalue weighted by Crippen LogP contribution is -2.02. The fraction of sp³-hybridized carbons (Fsp3) is 0.100. The summed E-state index contributed by atoms with van der Waals surface area (Å²) in [4.78, 5) is 22.8. The van der Waals surface area contributed by atoms with Crippen LogP contribution in [0.4, 0.5) is 0 Å². The van der Waals surface area contributed by atoms with E-state index in [1.54, 1.807) is 0 Å². The van der Waals surface area contributed by atoms with Gasteiger partial charge in [-0.15, -0.1) is 0 Å². The largest absolute Gasteiger partial charge is 0.463 e. The molecule has 0 aliphatic rings. The summed E-state index contributed by atoms with van der Waals surface area (Å²) in [5.74, 6) is -0.822. The van der Waals surface area contributed by atoms with E-state index in [1.165, 1.54) is 17.7 Å². The molecular weight excluding hydrogens is 544 g/mol. The maximum Gasteiger partial charge on any atom is 0.330 e. The smallest absolute Gasteiger partial charge is 0.330 e. The quantitative estimate of drug-likeness (QED) is 0.0841. The Morgan fingerprint density at radius 1 is 0.500 bits per heavy atom.